The Bertz CT molecular complexity index is 927. The van der Waals surface area contributed by atoms with Crippen molar-refractivity contribution in [3.63, 3.8) is 0 Å². The largest absolute Gasteiger partial charge is 0.423 e. The Morgan fingerprint density at radius 2 is 1.38 bits per heavy atom. The predicted molar refractivity (Wildman–Crippen MR) is 142 cm³/mol. The van der Waals surface area contributed by atoms with E-state index in [1.165, 1.54) is 88.7 Å². The molecule has 2 nitrogen and oxygen atoms in total. The van der Waals surface area contributed by atoms with E-state index in [9.17, 15) is 4.79 Å². The molecular weight excluding hydrogens is 416 g/mol. The summed E-state index contributed by atoms with van der Waals surface area (Å²) in [5, 5.41) is 0. The number of fused-ring (bicyclic) bond motifs is 3. The zero-order chi connectivity index (χ0) is 23.9. The lowest BCUT2D eigenvalue weighted by Gasteiger charge is -2.54. The van der Waals surface area contributed by atoms with E-state index >= 15 is 0 Å². The molecule has 3 aliphatic rings. The molecule has 3 saturated carbocycles. The van der Waals surface area contributed by atoms with Crippen molar-refractivity contribution in [3.8, 4) is 16.9 Å². The molecule has 0 saturated heterocycles. The number of rotatable bonds is 11. The van der Waals surface area contributed by atoms with Crippen molar-refractivity contribution >= 4 is 5.97 Å². The Morgan fingerprint density at radius 3 is 1.97 bits per heavy atom. The van der Waals surface area contributed by atoms with Gasteiger partial charge in [-0.05, 0) is 91.0 Å². The molecule has 0 atom stereocenters. The van der Waals surface area contributed by atoms with Crippen LogP contribution in [0.1, 0.15) is 103 Å². The van der Waals surface area contributed by atoms with Crippen LogP contribution in [0, 0.1) is 5.41 Å². The topological polar surface area (TPSA) is 26.3 Å². The summed E-state index contributed by atoms with van der Waals surface area (Å²) in [5.41, 5.74) is 4.98. The number of carbonyl (C=O) groups excluding carboxylic acids is 1. The van der Waals surface area contributed by atoms with Gasteiger partial charge in [0.25, 0.3) is 0 Å². The van der Waals surface area contributed by atoms with Crippen LogP contribution in [0.5, 0.6) is 5.75 Å². The molecule has 0 amide bonds. The van der Waals surface area contributed by atoms with Crippen molar-refractivity contribution in [3.05, 3.63) is 66.2 Å². The van der Waals surface area contributed by atoms with Gasteiger partial charge in [-0.1, -0.05) is 88.4 Å². The van der Waals surface area contributed by atoms with E-state index in [1.807, 2.05) is 37.3 Å². The highest BCUT2D eigenvalue weighted by Gasteiger charge is 2.48. The van der Waals surface area contributed by atoms with Gasteiger partial charge in [0, 0.05) is 6.08 Å². The van der Waals surface area contributed by atoms with E-state index in [-0.39, 0.29) is 5.97 Å². The Labute approximate surface area is 206 Å². The summed E-state index contributed by atoms with van der Waals surface area (Å²) in [6.45, 7) is 4.30. The molecule has 0 radical (unpaired) electrons. The predicted octanol–water partition coefficient (Wildman–Crippen LogP) is 9.18. The summed E-state index contributed by atoms with van der Waals surface area (Å²) in [6, 6.07) is 17.1. The number of allylic oxidation sites excluding steroid dienone is 1. The van der Waals surface area contributed by atoms with Crippen molar-refractivity contribution in [2.45, 2.75) is 103 Å². The van der Waals surface area contributed by atoms with Gasteiger partial charge in [-0.15, -0.1) is 0 Å². The first-order chi connectivity index (χ1) is 16.6. The van der Waals surface area contributed by atoms with Crippen LogP contribution in [0.15, 0.2) is 60.7 Å². The first-order valence-electron chi connectivity index (χ1n) is 13.7. The molecule has 0 spiro atoms. The molecule has 0 unspecified atom stereocenters. The maximum absolute atomic E-state index is 11.8. The van der Waals surface area contributed by atoms with Crippen LogP contribution in [-0.2, 0) is 10.2 Å². The maximum Gasteiger partial charge on any atom is 0.335 e. The van der Waals surface area contributed by atoms with Gasteiger partial charge >= 0.3 is 5.97 Å². The normalized spacial score (nSPS) is 23.9. The minimum atomic E-state index is -0.321. The third-order valence-corrected chi connectivity index (χ3v) is 8.61. The molecule has 2 aromatic carbocycles. The van der Waals surface area contributed by atoms with Gasteiger partial charge in [-0.25, -0.2) is 4.79 Å². The fraction of sp³-hybridized carbons (Fsp3) is 0.531. The van der Waals surface area contributed by atoms with Gasteiger partial charge < -0.3 is 4.74 Å². The molecule has 2 aromatic rings. The molecule has 0 aromatic heterocycles. The molecule has 2 bridgehead atoms. The lowest BCUT2D eigenvalue weighted by molar-refractivity contribution is -0.129. The number of carbonyl (C=O) groups is 1. The third kappa shape index (κ3) is 5.82. The minimum absolute atomic E-state index is 0.321. The van der Waals surface area contributed by atoms with Crippen LogP contribution >= 0.6 is 0 Å². The highest BCUT2D eigenvalue weighted by atomic mass is 16.5. The van der Waals surface area contributed by atoms with Crippen LogP contribution in [0.3, 0.4) is 0 Å². The van der Waals surface area contributed by atoms with E-state index < -0.39 is 0 Å². The maximum atomic E-state index is 11.8. The molecule has 0 N–H and O–H groups in total. The average Bonchev–Trinajstić information content (AvgIpc) is 2.89. The smallest absolute Gasteiger partial charge is 0.335 e. The summed E-state index contributed by atoms with van der Waals surface area (Å²) in [5.74, 6) is 0.266. The second kappa shape index (κ2) is 11.4. The molecule has 0 aliphatic heterocycles. The second-order valence-electron chi connectivity index (χ2n) is 10.8. The van der Waals surface area contributed by atoms with E-state index in [0.29, 0.717) is 16.6 Å². The molecule has 0 heterocycles. The Hall–Kier alpha value is -2.35. The van der Waals surface area contributed by atoms with E-state index in [2.05, 4.69) is 31.2 Å². The monoisotopic (exact) mass is 458 g/mol. The molecule has 3 aliphatic carbocycles. The number of hydrogen-bond acceptors (Lipinski definition) is 2. The molecule has 2 heteroatoms. The minimum Gasteiger partial charge on any atom is -0.423 e. The summed E-state index contributed by atoms with van der Waals surface area (Å²) in [6.07, 6.45) is 21.0. The van der Waals surface area contributed by atoms with Crippen LogP contribution in [-0.4, -0.2) is 5.97 Å². The van der Waals surface area contributed by atoms with Gasteiger partial charge in [-0.3, -0.25) is 0 Å². The molecule has 182 valence electrons. The van der Waals surface area contributed by atoms with Crippen molar-refractivity contribution in [1.82, 2.24) is 0 Å². The van der Waals surface area contributed by atoms with Crippen molar-refractivity contribution < 1.29 is 9.53 Å². The highest BCUT2D eigenvalue weighted by molar-refractivity contribution is 5.84. The van der Waals surface area contributed by atoms with Gasteiger partial charge in [0.2, 0.25) is 0 Å². The fourth-order valence-corrected chi connectivity index (χ4v) is 6.27. The lowest BCUT2D eigenvalue weighted by Crippen LogP contribution is -2.44. The molecule has 5 rings (SSSR count). The first kappa shape index (κ1) is 24.8. The number of ether oxygens (including phenoxy) is 1. The summed E-state index contributed by atoms with van der Waals surface area (Å²) in [7, 11) is 0. The molecule has 3 fully saturated rings. The molecule has 34 heavy (non-hydrogen) atoms. The van der Waals surface area contributed by atoms with Gasteiger partial charge in [0.15, 0.2) is 0 Å². The zero-order valence-corrected chi connectivity index (χ0v) is 21.3. The van der Waals surface area contributed by atoms with Crippen LogP contribution in [0.2, 0.25) is 0 Å². The zero-order valence-electron chi connectivity index (χ0n) is 21.3. The van der Waals surface area contributed by atoms with Crippen LogP contribution in [0.4, 0.5) is 0 Å². The summed E-state index contributed by atoms with van der Waals surface area (Å²) < 4.78 is 5.36. The second-order valence-corrected chi connectivity index (χ2v) is 10.8. The van der Waals surface area contributed by atoms with Crippen LogP contribution < -0.4 is 4.74 Å². The van der Waals surface area contributed by atoms with Gasteiger partial charge in [0.1, 0.15) is 5.75 Å². The van der Waals surface area contributed by atoms with Crippen molar-refractivity contribution in [2.75, 3.05) is 0 Å². The lowest BCUT2D eigenvalue weighted by atomic mass is 9.51. The molecular formula is C32H42O2. The standard InChI is InChI=1S/C32H42O2/c1-3-5-7-8-9-19-31-20-23-32(24-21-31,25-22-31)28-15-11-26(12-16-28)27-13-17-29(18-14-27)34-30(33)10-6-4-2/h6,10-18H,3-5,7-9,19-25H2,1-2H3/b10-6+. The Balaban J connectivity index is 1.34. The van der Waals surface area contributed by atoms with Crippen molar-refractivity contribution in [1.29, 1.82) is 0 Å². The Morgan fingerprint density at radius 1 is 0.794 bits per heavy atom. The summed E-state index contributed by atoms with van der Waals surface area (Å²) >= 11 is 0. The van der Waals surface area contributed by atoms with E-state index in [4.69, 9.17) is 4.74 Å². The number of hydrogen-bond donors (Lipinski definition) is 0. The number of unbranched alkanes of at least 4 members (excludes halogenated alkanes) is 4. The third-order valence-electron chi connectivity index (χ3n) is 8.61. The number of benzene rings is 2. The Kier molecular flexibility index (Phi) is 8.29. The average molecular weight is 459 g/mol. The SMILES string of the molecule is CC/C=C/C(=O)Oc1ccc(-c2ccc(C34CCC(CCCCCCC)(CC3)CC4)cc2)cc1. The van der Waals surface area contributed by atoms with E-state index in [0.717, 1.165) is 12.0 Å². The van der Waals surface area contributed by atoms with Crippen LogP contribution in [0.25, 0.3) is 11.1 Å². The summed E-state index contributed by atoms with van der Waals surface area (Å²) in [4.78, 5) is 11.8. The fourth-order valence-electron chi connectivity index (χ4n) is 6.27. The van der Waals surface area contributed by atoms with E-state index in [1.54, 1.807) is 5.56 Å². The quantitative estimate of drug-likeness (QED) is 0.145. The number of esters is 1. The first-order valence-corrected chi connectivity index (χ1v) is 13.7. The van der Waals surface area contributed by atoms with Gasteiger partial charge in [-0.2, -0.15) is 0 Å². The highest BCUT2D eigenvalue weighted by Crippen LogP contribution is 2.59. The van der Waals surface area contributed by atoms with Gasteiger partial charge in [0.05, 0.1) is 0 Å². The van der Waals surface area contributed by atoms with Crippen molar-refractivity contribution in [2.24, 2.45) is 5.41 Å².